The maximum Gasteiger partial charge on any atom is 0.155 e. The molecule has 0 saturated carbocycles. The number of nitrogens with two attached hydrogens (primary N) is 2. The summed E-state index contributed by atoms with van der Waals surface area (Å²) >= 11 is 0. The Bertz CT molecular complexity index is 1220. The van der Waals surface area contributed by atoms with Crippen LogP contribution >= 0.6 is 0 Å². The van der Waals surface area contributed by atoms with Crippen LogP contribution in [0, 0.1) is 36.5 Å². The summed E-state index contributed by atoms with van der Waals surface area (Å²) in [5.41, 5.74) is 5.77. The molecule has 0 spiro atoms. The number of aromatic hydroxyl groups is 1. The predicted molar refractivity (Wildman–Crippen MR) is 131 cm³/mol. The van der Waals surface area contributed by atoms with Gasteiger partial charge in [0, 0.05) is 18.0 Å². The van der Waals surface area contributed by atoms with Crippen molar-refractivity contribution in [3.05, 3.63) is 71.4 Å². The lowest BCUT2D eigenvalue weighted by Crippen LogP contribution is -2.36. The lowest BCUT2D eigenvalue weighted by Gasteiger charge is -2.21. The number of hydrazine groups is 1. The van der Waals surface area contributed by atoms with Gasteiger partial charge in [-0.1, -0.05) is 24.3 Å². The van der Waals surface area contributed by atoms with Crippen LogP contribution in [-0.4, -0.2) is 28.0 Å². The molecule has 0 saturated heterocycles. The molecule has 0 bridgehead atoms. The molecule has 0 aliphatic carbocycles. The number of hydrogen-bond acceptors (Lipinski definition) is 8. The molecule has 33 heavy (non-hydrogen) atoms. The molecule has 0 fully saturated rings. The van der Waals surface area contributed by atoms with E-state index in [-0.39, 0.29) is 22.9 Å². The second-order valence-electron chi connectivity index (χ2n) is 6.61. The minimum Gasteiger partial charge on any atom is -0.505 e. The van der Waals surface area contributed by atoms with Crippen LogP contribution in [0.5, 0.6) is 5.75 Å². The molecule has 0 aliphatic heterocycles. The molecule has 0 unspecified atom stereocenters. The second kappa shape index (κ2) is 13.2. The number of anilines is 1. The number of amidine groups is 1. The summed E-state index contributed by atoms with van der Waals surface area (Å²) in [6, 6.07) is 14.9. The molecule has 170 valence electrons. The maximum absolute atomic E-state index is 10.5. The van der Waals surface area contributed by atoms with E-state index >= 15 is 0 Å². The standard InChI is InChI=1S/C18H17N5O.C5H6N2.CH5N/c1-11(9-19)16(10-20)22-13(3)23(21)17-8-14-6-4-5-7-15(14)12(2)18(17)24;1-5-6-3-2-4-7-5;1-2/h4-8,24H,21H2,1-3H3;2-4H,1H3;2H2,1H3/b16-11+,22-13?;;. The van der Waals surface area contributed by atoms with Crippen LogP contribution in [-0.2, 0) is 0 Å². The molecule has 5 N–H and O–H groups in total. The van der Waals surface area contributed by atoms with Gasteiger partial charge >= 0.3 is 0 Å². The zero-order chi connectivity index (χ0) is 25.0. The van der Waals surface area contributed by atoms with E-state index in [1.807, 2.05) is 50.3 Å². The number of nitriles is 2. The number of nitrogens with zero attached hydrogens (tertiary/aromatic N) is 6. The smallest absolute Gasteiger partial charge is 0.155 e. The number of phenols is 1. The van der Waals surface area contributed by atoms with Crippen LogP contribution in [0.1, 0.15) is 25.2 Å². The Morgan fingerprint density at radius 2 is 1.64 bits per heavy atom. The normalized spacial score (nSPS) is 11.0. The van der Waals surface area contributed by atoms with E-state index in [4.69, 9.17) is 16.4 Å². The fourth-order valence-electron chi connectivity index (χ4n) is 2.69. The van der Waals surface area contributed by atoms with Crippen LogP contribution in [0.15, 0.2) is 65.1 Å². The summed E-state index contributed by atoms with van der Waals surface area (Å²) in [7, 11) is 1.50. The largest absolute Gasteiger partial charge is 0.505 e. The topological polar surface area (TPSA) is 161 Å². The Balaban J connectivity index is 0.000000508. The summed E-state index contributed by atoms with van der Waals surface area (Å²) in [5.74, 6) is 7.22. The summed E-state index contributed by atoms with van der Waals surface area (Å²) in [4.78, 5) is 11.8. The van der Waals surface area contributed by atoms with E-state index in [1.165, 1.54) is 19.0 Å². The lowest BCUT2D eigenvalue weighted by atomic mass is 10.0. The first-order chi connectivity index (χ1) is 15.8. The zero-order valence-corrected chi connectivity index (χ0v) is 19.4. The number of benzene rings is 2. The van der Waals surface area contributed by atoms with E-state index in [2.05, 4.69) is 20.7 Å². The van der Waals surface area contributed by atoms with Crippen molar-refractivity contribution >= 4 is 22.3 Å². The van der Waals surface area contributed by atoms with Crippen molar-refractivity contribution in [2.24, 2.45) is 16.6 Å². The third-order valence-corrected chi connectivity index (χ3v) is 4.46. The van der Waals surface area contributed by atoms with Gasteiger partial charge in [0.25, 0.3) is 0 Å². The molecule has 0 atom stereocenters. The predicted octanol–water partition coefficient (Wildman–Crippen LogP) is 3.63. The Hall–Kier alpha value is -4.31. The van der Waals surface area contributed by atoms with Crippen molar-refractivity contribution < 1.29 is 5.11 Å². The van der Waals surface area contributed by atoms with Gasteiger partial charge in [-0.05, 0) is 57.6 Å². The molecule has 9 heteroatoms. The van der Waals surface area contributed by atoms with Gasteiger partial charge < -0.3 is 10.8 Å². The molecule has 1 heterocycles. The van der Waals surface area contributed by atoms with E-state index in [9.17, 15) is 5.11 Å². The zero-order valence-electron chi connectivity index (χ0n) is 19.4. The molecule has 0 aliphatic rings. The average Bonchev–Trinajstić information content (AvgIpc) is 2.85. The van der Waals surface area contributed by atoms with Gasteiger partial charge in [0.05, 0.1) is 11.6 Å². The molecule has 1 aromatic heterocycles. The number of hydrogen-bond donors (Lipinski definition) is 3. The highest BCUT2D eigenvalue weighted by Gasteiger charge is 2.15. The molecular weight excluding hydrogens is 416 g/mol. The number of aromatic nitrogens is 2. The highest BCUT2D eigenvalue weighted by atomic mass is 16.3. The van der Waals surface area contributed by atoms with Crippen molar-refractivity contribution in [2.45, 2.75) is 27.7 Å². The summed E-state index contributed by atoms with van der Waals surface area (Å²) in [5, 5.41) is 31.5. The molecular formula is C24H28N8O. The molecule has 3 aromatic rings. The highest BCUT2D eigenvalue weighted by molar-refractivity contribution is 6.01. The monoisotopic (exact) mass is 444 g/mol. The minimum atomic E-state index is -0.0116. The molecule has 3 rings (SSSR count). The van der Waals surface area contributed by atoms with E-state index in [0.29, 0.717) is 11.3 Å². The molecule has 0 radical (unpaired) electrons. The lowest BCUT2D eigenvalue weighted by molar-refractivity contribution is 0.473. The first-order valence-corrected chi connectivity index (χ1v) is 9.94. The van der Waals surface area contributed by atoms with Crippen molar-refractivity contribution in [3.8, 4) is 17.9 Å². The van der Waals surface area contributed by atoms with E-state index in [1.54, 1.807) is 31.5 Å². The van der Waals surface area contributed by atoms with Crippen LogP contribution in [0.25, 0.3) is 10.8 Å². The number of aryl methyl sites for hydroxylation is 2. The Morgan fingerprint density at radius 1 is 1.03 bits per heavy atom. The SMILES string of the molecule is CC(=N/C(C#N)=C(\C)C#N)N(N)c1cc2ccccc2c(C)c1O.CN.Cc1ncccn1. The van der Waals surface area contributed by atoms with Crippen LogP contribution < -0.4 is 16.6 Å². The summed E-state index contributed by atoms with van der Waals surface area (Å²) in [6.45, 7) is 6.78. The average molecular weight is 445 g/mol. The molecule has 2 aromatic carbocycles. The van der Waals surface area contributed by atoms with Gasteiger partial charge in [-0.2, -0.15) is 10.5 Å². The fourth-order valence-corrected chi connectivity index (χ4v) is 2.69. The van der Waals surface area contributed by atoms with E-state index < -0.39 is 0 Å². The quantitative estimate of drug-likeness (QED) is 0.177. The van der Waals surface area contributed by atoms with Gasteiger partial charge in [-0.25, -0.2) is 20.8 Å². The summed E-state index contributed by atoms with van der Waals surface area (Å²) < 4.78 is 0. The van der Waals surface area contributed by atoms with Gasteiger partial charge in [0.15, 0.2) is 5.70 Å². The van der Waals surface area contributed by atoms with Crippen LogP contribution in [0.4, 0.5) is 5.69 Å². The minimum absolute atomic E-state index is 0.0116. The first-order valence-electron chi connectivity index (χ1n) is 9.94. The Labute approximate surface area is 193 Å². The van der Waals surface area contributed by atoms with Gasteiger partial charge in [-0.15, -0.1) is 0 Å². The van der Waals surface area contributed by atoms with Crippen molar-refractivity contribution in [1.82, 2.24) is 9.97 Å². The maximum atomic E-state index is 10.5. The van der Waals surface area contributed by atoms with Crippen molar-refractivity contribution in [2.75, 3.05) is 12.1 Å². The fraction of sp³-hybridized carbons (Fsp3) is 0.208. The van der Waals surface area contributed by atoms with Crippen molar-refractivity contribution in [1.29, 1.82) is 10.5 Å². The number of phenolic OH excluding ortho intramolecular Hbond substituents is 1. The second-order valence-corrected chi connectivity index (χ2v) is 6.61. The Kier molecular flexibility index (Phi) is 10.7. The summed E-state index contributed by atoms with van der Waals surface area (Å²) in [6.07, 6.45) is 3.45. The van der Waals surface area contributed by atoms with Crippen LogP contribution in [0.3, 0.4) is 0 Å². The van der Waals surface area contributed by atoms with Gasteiger partial charge in [-0.3, -0.25) is 5.01 Å². The number of fused-ring (bicyclic) bond motifs is 1. The first kappa shape index (κ1) is 26.7. The van der Waals surface area contributed by atoms with E-state index in [0.717, 1.165) is 16.6 Å². The van der Waals surface area contributed by atoms with Gasteiger partial charge in [0.1, 0.15) is 29.2 Å². The van der Waals surface area contributed by atoms with Crippen LogP contribution in [0.2, 0.25) is 0 Å². The molecule has 0 amide bonds. The van der Waals surface area contributed by atoms with Crippen molar-refractivity contribution in [3.63, 3.8) is 0 Å². The third-order valence-electron chi connectivity index (χ3n) is 4.46. The highest BCUT2D eigenvalue weighted by Crippen LogP contribution is 2.35. The number of aliphatic imine (C=N–C) groups is 1. The Morgan fingerprint density at radius 3 is 2.15 bits per heavy atom. The number of rotatable bonds is 2. The van der Waals surface area contributed by atoms with Gasteiger partial charge in [0.2, 0.25) is 0 Å². The molecule has 9 nitrogen and oxygen atoms in total. The third kappa shape index (κ3) is 7.11. The number of allylic oxidation sites excluding steroid dienone is 2.